The molecule has 2 aliphatic rings. The van der Waals surface area contributed by atoms with Crippen LogP contribution in [0, 0.1) is 5.92 Å². The molecule has 1 unspecified atom stereocenters. The number of urea groups is 1. The molecule has 10 heteroatoms. The number of hydrogen-bond donors (Lipinski definition) is 3. The number of rotatable bonds is 6. The second-order valence-corrected chi connectivity index (χ2v) is 7.78. The van der Waals surface area contributed by atoms with Gasteiger partial charge in [-0.05, 0) is 36.5 Å². The van der Waals surface area contributed by atoms with E-state index in [9.17, 15) is 14.4 Å². The summed E-state index contributed by atoms with van der Waals surface area (Å²) in [7, 11) is 0. The van der Waals surface area contributed by atoms with Gasteiger partial charge in [-0.2, -0.15) is 0 Å². The second-order valence-electron chi connectivity index (χ2n) is 7.78. The number of aromatic nitrogens is 2. The summed E-state index contributed by atoms with van der Waals surface area (Å²) in [6, 6.07) is 10.6. The van der Waals surface area contributed by atoms with Crippen LogP contribution in [0.5, 0.6) is 0 Å². The van der Waals surface area contributed by atoms with Crippen LogP contribution in [-0.4, -0.2) is 57.6 Å². The quantitative estimate of drug-likeness (QED) is 0.467. The standard InChI is InChI=1S/C22H24N6O4/c29-19-18(28(21(30)26-19)14-15-5-2-1-3-6-15)11-17-8-9-23-20(25-17)27-10-4-7-16(13-27)12-24-22(31)32/h1-3,5-6,8-9,11,16,24H,4,7,10,12-14H2,(H,31,32)(H,26,29,30)/b18-11+. The van der Waals surface area contributed by atoms with Crippen molar-refractivity contribution in [3.05, 3.63) is 59.5 Å². The Morgan fingerprint density at radius 3 is 2.84 bits per heavy atom. The summed E-state index contributed by atoms with van der Waals surface area (Å²) in [5.74, 6) is 0.215. The maximum Gasteiger partial charge on any atom is 0.404 e. The zero-order valence-electron chi connectivity index (χ0n) is 17.4. The first-order valence-electron chi connectivity index (χ1n) is 10.4. The molecule has 1 atom stereocenters. The molecule has 1 aromatic carbocycles. The molecule has 0 bridgehead atoms. The fraction of sp³-hybridized carbons (Fsp3) is 0.318. The van der Waals surface area contributed by atoms with E-state index in [4.69, 9.17) is 5.11 Å². The van der Waals surface area contributed by atoms with Crippen LogP contribution in [0.1, 0.15) is 24.1 Å². The third-order valence-corrected chi connectivity index (χ3v) is 5.47. The summed E-state index contributed by atoms with van der Waals surface area (Å²) in [6.07, 6.45) is 4.00. The molecule has 2 saturated heterocycles. The molecule has 0 saturated carbocycles. The van der Waals surface area contributed by atoms with Crippen molar-refractivity contribution in [2.45, 2.75) is 19.4 Å². The van der Waals surface area contributed by atoms with E-state index in [2.05, 4.69) is 20.6 Å². The van der Waals surface area contributed by atoms with Gasteiger partial charge in [0.1, 0.15) is 5.70 Å². The lowest BCUT2D eigenvalue weighted by molar-refractivity contribution is -0.116. The number of nitrogens with one attached hydrogen (secondary N) is 2. The zero-order chi connectivity index (χ0) is 22.5. The second kappa shape index (κ2) is 9.46. The lowest BCUT2D eigenvalue weighted by atomic mass is 9.98. The third kappa shape index (κ3) is 5.02. The summed E-state index contributed by atoms with van der Waals surface area (Å²) in [4.78, 5) is 47.8. The van der Waals surface area contributed by atoms with E-state index in [-0.39, 0.29) is 18.2 Å². The van der Waals surface area contributed by atoms with Crippen molar-refractivity contribution in [1.82, 2.24) is 25.5 Å². The molecular weight excluding hydrogens is 412 g/mol. The number of benzene rings is 1. The van der Waals surface area contributed by atoms with E-state index in [0.717, 1.165) is 24.9 Å². The number of amides is 4. The van der Waals surface area contributed by atoms with Gasteiger partial charge in [0.05, 0.1) is 12.2 Å². The minimum absolute atomic E-state index is 0.171. The number of imide groups is 1. The summed E-state index contributed by atoms with van der Waals surface area (Å²) in [5, 5.41) is 13.6. The number of nitrogens with zero attached hydrogens (tertiary/aromatic N) is 4. The van der Waals surface area contributed by atoms with E-state index in [0.29, 0.717) is 24.7 Å². The molecule has 2 aromatic rings. The molecule has 166 valence electrons. The van der Waals surface area contributed by atoms with Crippen molar-refractivity contribution in [3.8, 4) is 0 Å². The average Bonchev–Trinajstić information content (AvgIpc) is 3.06. The third-order valence-electron chi connectivity index (χ3n) is 5.47. The van der Waals surface area contributed by atoms with Gasteiger partial charge in [-0.1, -0.05) is 30.3 Å². The number of anilines is 1. The molecule has 2 aliphatic heterocycles. The summed E-state index contributed by atoms with van der Waals surface area (Å²) < 4.78 is 0. The monoisotopic (exact) mass is 436 g/mol. The number of carbonyl (C=O) groups excluding carboxylic acids is 2. The highest BCUT2D eigenvalue weighted by atomic mass is 16.4. The smallest absolute Gasteiger partial charge is 0.404 e. The van der Waals surface area contributed by atoms with Crippen LogP contribution in [0.15, 0.2) is 48.3 Å². The molecule has 3 heterocycles. The Kier molecular flexibility index (Phi) is 6.29. The largest absolute Gasteiger partial charge is 0.465 e. The first-order valence-corrected chi connectivity index (χ1v) is 10.4. The van der Waals surface area contributed by atoms with Gasteiger partial charge in [0.15, 0.2) is 0 Å². The fourth-order valence-electron chi connectivity index (χ4n) is 3.91. The topological polar surface area (TPSA) is 128 Å². The van der Waals surface area contributed by atoms with E-state index in [1.807, 2.05) is 35.2 Å². The van der Waals surface area contributed by atoms with Gasteiger partial charge in [0, 0.05) is 25.8 Å². The van der Waals surface area contributed by atoms with Crippen LogP contribution in [0.25, 0.3) is 6.08 Å². The van der Waals surface area contributed by atoms with Crippen LogP contribution < -0.4 is 15.5 Å². The Labute approximate surface area is 185 Å². The van der Waals surface area contributed by atoms with Crippen molar-refractivity contribution >= 4 is 30.1 Å². The van der Waals surface area contributed by atoms with Gasteiger partial charge in [0.25, 0.3) is 5.91 Å². The van der Waals surface area contributed by atoms with Gasteiger partial charge < -0.3 is 15.3 Å². The molecule has 0 radical (unpaired) electrons. The molecule has 2 fully saturated rings. The maximum atomic E-state index is 12.4. The minimum atomic E-state index is -1.03. The molecule has 10 nitrogen and oxygen atoms in total. The number of hydrogen-bond acceptors (Lipinski definition) is 6. The SMILES string of the molecule is O=C(O)NCC1CCCN(c2nccc(/C=C3\C(=O)NC(=O)N3Cc3ccccc3)n2)C1. The van der Waals surface area contributed by atoms with Crippen LogP contribution in [0.4, 0.5) is 15.5 Å². The predicted octanol–water partition coefficient (Wildman–Crippen LogP) is 2.05. The van der Waals surface area contributed by atoms with Gasteiger partial charge in [-0.3, -0.25) is 15.0 Å². The van der Waals surface area contributed by atoms with Crippen molar-refractivity contribution in [3.63, 3.8) is 0 Å². The molecular formula is C22H24N6O4. The average molecular weight is 436 g/mol. The van der Waals surface area contributed by atoms with E-state index in [1.165, 1.54) is 4.90 Å². The van der Waals surface area contributed by atoms with Crippen molar-refractivity contribution in [1.29, 1.82) is 0 Å². The first kappa shape index (κ1) is 21.3. The Morgan fingerprint density at radius 1 is 1.25 bits per heavy atom. The lowest BCUT2D eigenvalue weighted by Gasteiger charge is -2.32. The highest BCUT2D eigenvalue weighted by Gasteiger charge is 2.33. The van der Waals surface area contributed by atoms with Gasteiger partial charge in [-0.15, -0.1) is 0 Å². The van der Waals surface area contributed by atoms with Crippen molar-refractivity contribution in [2.24, 2.45) is 5.92 Å². The van der Waals surface area contributed by atoms with Gasteiger partial charge >= 0.3 is 12.1 Å². The van der Waals surface area contributed by atoms with Crippen LogP contribution >= 0.6 is 0 Å². The van der Waals surface area contributed by atoms with Crippen molar-refractivity contribution in [2.75, 3.05) is 24.5 Å². The Balaban J connectivity index is 1.52. The van der Waals surface area contributed by atoms with Gasteiger partial charge in [0.2, 0.25) is 5.95 Å². The van der Waals surface area contributed by atoms with Crippen molar-refractivity contribution < 1.29 is 19.5 Å². The minimum Gasteiger partial charge on any atom is -0.465 e. The molecule has 1 aromatic heterocycles. The fourth-order valence-corrected chi connectivity index (χ4v) is 3.91. The number of carbonyl (C=O) groups is 3. The first-order chi connectivity index (χ1) is 15.5. The Bertz CT molecular complexity index is 1040. The van der Waals surface area contributed by atoms with Crippen LogP contribution in [0.2, 0.25) is 0 Å². The predicted molar refractivity (Wildman–Crippen MR) is 116 cm³/mol. The van der Waals surface area contributed by atoms with Gasteiger partial charge in [-0.25, -0.2) is 19.6 Å². The normalized spacial score (nSPS) is 19.9. The molecule has 4 amide bonds. The molecule has 32 heavy (non-hydrogen) atoms. The highest BCUT2D eigenvalue weighted by molar-refractivity contribution is 6.13. The lowest BCUT2D eigenvalue weighted by Crippen LogP contribution is -2.41. The van der Waals surface area contributed by atoms with E-state index < -0.39 is 18.0 Å². The summed E-state index contributed by atoms with van der Waals surface area (Å²) >= 11 is 0. The van der Waals surface area contributed by atoms with Crippen LogP contribution in [0.3, 0.4) is 0 Å². The molecule has 0 spiro atoms. The molecule has 0 aliphatic carbocycles. The summed E-state index contributed by atoms with van der Waals surface area (Å²) in [5.41, 5.74) is 1.64. The zero-order valence-corrected chi connectivity index (χ0v) is 17.4. The summed E-state index contributed by atoms with van der Waals surface area (Å²) in [6.45, 7) is 2.06. The van der Waals surface area contributed by atoms with Crippen LogP contribution in [-0.2, 0) is 11.3 Å². The maximum absolute atomic E-state index is 12.4. The number of piperidine rings is 1. The van der Waals surface area contributed by atoms with E-state index >= 15 is 0 Å². The van der Waals surface area contributed by atoms with E-state index in [1.54, 1.807) is 18.3 Å². The Morgan fingerprint density at radius 2 is 2.06 bits per heavy atom. The highest BCUT2D eigenvalue weighted by Crippen LogP contribution is 2.22. The molecule has 3 N–H and O–H groups in total. The number of carboxylic acid groups (broad SMARTS) is 1. The Hall–Kier alpha value is -3.95. The molecule has 4 rings (SSSR count).